The van der Waals surface area contributed by atoms with E-state index in [4.69, 9.17) is 9.47 Å². The molecule has 3 heterocycles. The lowest BCUT2D eigenvalue weighted by atomic mass is 9.91. The zero-order valence-corrected chi connectivity index (χ0v) is 18.0. The molecule has 2 aliphatic rings. The van der Waals surface area contributed by atoms with Crippen LogP contribution in [0.15, 0.2) is 30.6 Å². The number of carbonyl (C=O) groups excluding carboxylic acids is 1. The lowest BCUT2D eigenvalue weighted by Crippen LogP contribution is -2.46. The summed E-state index contributed by atoms with van der Waals surface area (Å²) in [4.78, 5) is 25.3. The third-order valence-electron chi connectivity index (χ3n) is 6.06. The van der Waals surface area contributed by atoms with Gasteiger partial charge in [0.25, 0.3) is 0 Å². The lowest BCUT2D eigenvalue weighted by molar-refractivity contribution is -0.130. The number of nitrogens with zero attached hydrogens (tertiary/aromatic N) is 4. The quantitative estimate of drug-likeness (QED) is 0.772. The number of aromatic nitrogens is 2. The number of aryl methyl sites for hydroxylation is 1. The smallest absolute Gasteiger partial charge is 0.219 e. The molecule has 0 N–H and O–H groups in total. The van der Waals surface area contributed by atoms with E-state index in [-0.39, 0.29) is 12.0 Å². The summed E-state index contributed by atoms with van der Waals surface area (Å²) in [5.74, 6) is 2.86. The number of hydrogen-bond donors (Lipinski definition) is 0. The zero-order valence-electron chi connectivity index (χ0n) is 18.0. The van der Waals surface area contributed by atoms with Crippen LogP contribution < -0.4 is 9.47 Å². The van der Waals surface area contributed by atoms with Gasteiger partial charge in [-0.3, -0.25) is 9.69 Å². The fourth-order valence-corrected chi connectivity index (χ4v) is 4.39. The third-order valence-corrected chi connectivity index (χ3v) is 6.06. The van der Waals surface area contributed by atoms with Gasteiger partial charge in [0, 0.05) is 56.0 Å². The van der Waals surface area contributed by atoms with Crippen molar-refractivity contribution in [2.45, 2.75) is 45.9 Å². The minimum atomic E-state index is -0.0272. The van der Waals surface area contributed by atoms with Gasteiger partial charge >= 0.3 is 0 Å². The van der Waals surface area contributed by atoms with Gasteiger partial charge in [0.15, 0.2) is 0 Å². The van der Waals surface area contributed by atoms with E-state index in [1.54, 1.807) is 14.0 Å². The molecule has 0 radical (unpaired) electrons. The molecule has 2 atom stereocenters. The Morgan fingerprint density at radius 1 is 1.27 bits per heavy atom. The predicted molar refractivity (Wildman–Crippen MR) is 113 cm³/mol. The van der Waals surface area contributed by atoms with Crippen LogP contribution in [0, 0.1) is 12.8 Å². The molecule has 0 saturated carbocycles. The molecule has 2 unspecified atom stereocenters. The van der Waals surface area contributed by atoms with Gasteiger partial charge in [-0.25, -0.2) is 9.97 Å². The molecule has 0 spiro atoms. The van der Waals surface area contributed by atoms with Gasteiger partial charge in [-0.05, 0) is 44.5 Å². The van der Waals surface area contributed by atoms with Crippen LogP contribution >= 0.6 is 0 Å². The van der Waals surface area contributed by atoms with E-state index in [1.807, 2.05) is 42.4 Å². The number of piperidine rings is 1. The Morgan fingerprint density at radius 2 is 2.07 bits per heavy atom. The second-order valence-electron chi connectivity index (χ2n) is 8.31. The highest BCUT2D eigenvalue weighted by Crippen LogP contribution is 2.33. The molecule has 1 aromatic carbocycles. The number of fused-ring (bicyclic) bond motifs is 1. The number of amides is 1. The Bertz CT molecular complexity index is 887. The zero-order chi connectivity index (χ0) is 21.1. The van der Waals surface area contributed by atoms with Crippen molar-refractivity contribution in [1.82, 2.24) is 19.8 Å². The molecule has 4 rings (SSSR count). The minimum Gasteiger partial charge on any atom is -0.497 e. The summed E-state index contributed by atoms with van der Waals surface area (Å²) in [7, 11) is 1.65. The van der Waals surface area contributed by atoms with Crippen LogP contribution in [0.3, 0.4) is 0 Å². The van der Waals surface area contributed by atoms with Crippen molar-refractivity contribution in [2.75, 3.05) is 26.7 Å². The maximum atomic E-state index is 12.3. The van der Waals surface area contributed by atoms with Crippen molar-refractivity contribution in [3.8, 4) is 11.5 Å². The van der Waals surface area contributed by atoms with Crippen molar-refractivity contribution in [2.24, 2.45) is 5.92 Å². The van der Waals surface area contributed by atoms with Crippen molar-refractivity contribution in [3.63, 3.8) is 0 Å². The van der Waals surface area contributed by atoms with Crippen LogP contribution in [0.4, 0.5) is 0 Å². The Labute approximate surface area is 178 Å². The minimum absolute atomic E-state index is 0.0272. The first-order chi connectivity index (χ1) is 14.5. The van der Waals surface area contributed by atoms with Crippen LogP contribution in [-0.4, -0.2) is 58.5 Å². The number of benzene rings is 1. The number of carbonyl (C=O) groups is 1. The van der Waals surface area contributed by atoms with E-state index in [9.17, 15) is 4.79 Å². The number of methoxy groups -OCH3 is 1. The lowest BCUT2D eigenvalue weighted by Gasteiger charge is -2.37. The number of ether oxygens (including phenoxy) is 2. The van der Waals surface area contributed by atoms with Gasteiger partial charge in [0.05, 0.1) is 13.7 Å². The normalized spacial score (nSPS) is 22.0. The number of hydrogen-bond acceptors (Lipinski definition) is 6. The average Bonchev–Trinajstić information content (AvgIpc) is 2.95. The second kappa shape index (κ2) is 9.00. The SMILES string of the molecule is COc1ccc2c(c1)CN(C(C)=O)CC(C1CCCN(Cc3cnc(C)nc3)C1)O2. The van der Waals surface area contributed by atoms with E-state index in [0.717, 1.165) is 60.9 Å². The molecule has 30 heavy (non-hydrogen) atoms. The van der Waals surface area contributed by atoms with Gasteiger partial charge in [0.1, 0.15) is 23.4 Å². The molecule has 2 aliphatic heterocycles. The fourth-order valence-electron chi connectivity index (χ4n) is 4.39. The molecule has 1 aromatic heterocycles. The van der Waals surface area contributed by atoms with Crippen LogP contribution in [0.1, 0.15) is 36.7 Å². The first-order valence-electron chi connectivity index (χ1n) is 10.6. The van der Waals surface area contributed by atoms with Gasteiger partial charge in [-0.15, -0.1) is 0 Å². The largest absolute Gasteiger partial charge is 0.497 e. The summed E-state index contributed by atoms with van der Waals surface area (Å²) in [6, 6.07) is 5.86. The summed E-state index contributed by atoms with van der Waals surface area (Å²) in [5.41, 5.74) is 2.13. The highest BCUT2D eigenvalue weighted by atomic mass is 16.5. The topological polar surface area (TPSA) is 67.8 Å². The summed E-state index contributed by atoms with van der Waals surface area (Å²) in [6.07, 6.45) is 6.01. The highest BCUT2D eigenvalue weighted by Gasteiger charge is 2.33. The third kappa shape index (κ3) is 4.73. The summed E-state index contributed by atoms with van der Waals surface area (Å²) in [5, 5.41) is 0. The summed E-state index contributed by atoms with van der Waals surface area (Å²) < 4.78 is 11.9. The van der Waals surface area contributed by atoms with Crippen LogP contribution in [0.25, 0.3) is 0 Å². The Hall–Kier alpha value is -2.67. The maximum Gasteiger partial charge on any atom is 0.219 e. The van der Waals surface area contributed by atoms with E-state index < -0.39 is 0 Å². The van der Waals surface area contributed by atoms with Gasteiger partial charge in [-0.1, -0.05) is 0 Å². The van der Waals surface area contributed by atoms with Gasteiger partial charge in [0.2, 0.25) is 5.91 Å². The van der Waals surface area contributed by atoms with E-state index in [1.165, 1.54) is 0 Å². The first kappa shape index (κ1) is 20.6. The molecular formula is C23H30N4O3. The molecular weight excluding hydrogens is 380 g/mol. The molecule has 2 aromatic rings. The first-order valence-corrected chi connectivity index (χ1v) is 10.6. The summed E-state index contributed by atoms with van der Waals surface area (Å²) in [6.45, 7) is 7.53. The Morgan fingerprint density at radius 3 is 2.80 bits per heavy atom. The maximum absolute atomic E-state index is 12.3. The highest BCUT2D eigenvalue weighted by molar-refractivity contribution is 5.73. The number of likely N-dealkylation sites (tertiary alicyclic amines) is 1. The van der Waals surface area contributed by atoms with Crippen molar-refractivity contribution in [3.05, 3.63) is 47.5 Å². The molecule has 7 nitrogen and oxygen atoms in total. The van der Waals surface area contributed by atoms with Gasteiger partial charge in [-0.2, -0.15) is 0 Å². The fraction of sp³-hybridized carbons (Fsp3) is 0.522. The Kier molecular flexibility index (Phi) is 6.18. The average molecular weight is 411 g/mol. The predicted octanol–water partition coefficient (Wildman–Crippen LogP) is 2.82. The molecule has 1 fully saturated rings. The van der Waals surface area contributed by atoms with Crippen molar-refractivity contribution >= 4 is 5.91 Å². The van der Waals surface area contributed by atoms with Crippen LogP contribution in [0.5, 0.6) is 11.5 Å². The van der Waals surface area contributed by atoms with Crippen molar-refractivity contribution < 1.29 is 14.3 Å². The Balaban J connectivity index is 1.50. The van der Waals surface area contributed by atoms with Crippen LogP contribution in [-0.2, 0) is 17.9 Å². The van der Waals surface area contributed by atoms with E-state index >= 15 is 0 Å². The summed E-state index contributed by atoms with van der Waals surface area (Å²) >= 11 is 0. The molecule has 7 heteroatoms. The molecule has 160 valence electrons. The molecule has 0 bridgehead atoms. The second-order valence-corrected chi connectivity index (χ2v) is 8.31. The molecule has 1 saturated heterocycles. The molecule has 1 amide bonds. The number of rotatable bonds is 4. The van der Waals surface area contributed by atoms with E-state index in [0.29, 0.717) is 19.0 Å². The van der Waals surface area contributed by atoms with Crippen LogP contribution in [0.2, 0.25) is 0 Å². The standard InChI is InChI=1S/C23H30N4O3/c1-16-24-10-18(11-25-16)12-26-8-4-5-19(13-26)23-15-27(17(2)28)14-20-9-21(29-3)6-7-22(20)30-23/h6-7,9-11,19,23H,4-5,8,12-15H2,1-3H3. The van der Waals surface area contributed by atoms with Gasteiger partial charge < -0.3 is 14.4 Å². The van der Waals surface area contributed by atoms with E-state index in [2.05, 4.69) is 14.9 Å². The molecule has 0 aliphatic carbocycles. The van der Waals surface area contributed by atoms with Crippen molar-refractivity contribution in [1.29, 1.82) is 0 Å². The monoisotopic (exact) mass is 410 g/mol.